The van der Waals surface area contributed by atoms with Gasteiger partial charge in [-0.15, -0.1) is 0 Å². The Hall–Kier alpha value is -2.54. The van der Waals surface area contributed by atoms with E-state index < -0.39 is 11.7 Å². The summed E-state index contributed by atoms with van der Waals surface area (Å²) in [6, 6.07) is 16.2. The van der Waals surface area contributed by atoms with Gasteiger partial charge in [-0.25, -0.2) is 0 Å². The average molecular weight is 287 g/mol. The molecule has 21 heavy (non-hydrogen) atoms. The van der Waals surface area contributed by atoms with E-state index in [4.69, 9.17) is 5.26 Å². The molecule has 0 bridgehead atoms. The van der Waals surface area contributed by atoms with Crippen molar-refractivity contribution >= 4 is 5.57 Å². The van der Waals surface area contributed by atoms with E-state index in [1.807, 2.05) is 6.07 Å². The van der Waals surface area contributed by atoms with Crippen LogP contribution < -0.4 is 0 Å². The van der Waals surface area contributed by atoms with Crippen LogP contribution >= 0.6 is 0 Å². The third-order valence-corrected chi connectivity index (χ3v) is 3.02. The van der Waals surface area contributed by atoms with Gasteiger partial charge in [0.1, 0.15) is 0 Å². The first kappa shape index (κ1) is 14.9. The van der Waals surface area contributed by atoms with E-state index in [1.54, 1.807) is 42.5 Å². The summed E-state index contributed by atoms with van der Waals surface area (Å²) in [5.74, 6) is 0. The van der Waals surface area contributed by atoms with Gasteiger partial charge in [0.15, 0.2) is 0 Å². The smallest absolute Gasteiger partial charge is 0.192 e. The maximum atomic E-state index is 13.1. The lowest BCUT2D eigenvalue weighted by atomic mass is 10.0. The summed E-state index contributed by atoms with van der Waals surface area (Å²) in [5.41, 5.74) is 0.722. The Morgan fingerprint density at radius 3 is 2.14 bits per heavy atom. The van der Waals surface area contributed by atoms with Crippen LogP contribution in [-0.4, -0.2) is 6.18 Å². The zero-order valence-electron chi connectivity index (χ0n) is 11.1. The van der Waals surface area contributed by atoms with Crippen molar-refractivity contribution in [1.82, 2.24) is 0 Å². The van der Waals surface area contributed by atoms with Gasteiger partial charge >= 0.3 is 6.18 Å². The number of benzene rings is 2. The third-order valence-electron chi connectivity index (χ3n) is 3.02. The van der Waals surface area contributed by atoms with Crippen LogP contribution in [0.25, 0.3) is 5.57 Å². The van der Waals surface area contributed by atoms with E-state index in [1.165, 1.54) is 18.2 Å². The van der Waals surface area contributed by atoms with Crippen LogP contribution in [0.3, 0.4) is 0 Å². The predicted molar refractivity (Wildman–Crippen MR) is 75.3 cm³/mol. The van der Waals surface area contributed by atoms with Gasteiger partial charge in [-0.05, 0) is 29.7 Å². The monoisotopic (exact) mass is 287 g/mol. The van der Waals surface area contributed by atoms with E-state index >= 15 is 0 Å². The van der Waals surface area contributed by atoms with Gasteiger partial charge in [-0.3, -0.25) is 0 Å². The van der Waals surface area contributed by atoms with Crippen molar-refractivity contribution in [2.24, 2.45) is 0 Å². The molecule has 1 nitrogen and oxygen atoms in total. The first-order chi connectivity index (χ1) is 10.0. The van der Waals surface area contributed by atoms with Crippen molar-refractivity contribution < 1.29 is 13.2 Å². The standard InChI is InChI=1S/C17H12F3N/c18-17(19,20)16(15-4-2-1-3-5-15)11-10-13-6-8-14(12-21)9-7-13/h1-9,11H,10H2/b16-11+. The van der Waals surface area contributed by atoms with E-state index in [-0.39, 0.29) is 12.0 Å². The molecule has 0 saturated carbocycles. The molecule has 0 amide bonds. The highest BCUT2D eigenvalue weighted by Gasteiger charge is 2.34. The average Bonchev–Trinajstić information content (AvgIpc) is 2.48. The van der Waals surface area contributed by atoms with Crippen LogP contribution in [0, 0.1) is 11.3 Å². The molecule has 0 unspecified atom stereocenters. The fourth-order valence-electron chi connectivity index (χ4n) is 1.95. The van der Waals surface area contributed by atoms with E-state index in [0.717, 1.165) is 5.56 Å². The fraction of sp³-hybridized carbons (Fsp3) is 0.118. The van der Waals surface area contributed by atoms with Crippen LogP contribution in [-0.2, 0) is 6.42 Å². The summed E-state index contributed by atoms with van der Waals surface area (Å²) in [6.07, 6.45) is -3.06. The number of nitrogens with zero attached hydrogens (tertiary/aromatic N) is 1. The summed E-state index contributed by atoms with van der Waals surface area (Å²) in [5, 5.41) is 8.69. The van der Waals surface area contributed by atoms with Crippen LogP contribution in [0.15, 0.2) is 60.7 Å². The predicted octanol–water partition coefficient (Wildman–Crippen LogP) is 4.75. The SMILES string of the molecule is N#Cc1ccc(C/C=C(\c2ccccc2)C(F)(F)F)cc1. The zero-order valence-corrected chi connectivity index (χ0v) is 11.1. The zero-order chi connectivity index (χ0) is 15.3. The van der Waals surface area contributed by atoms with Gasteiger partial charge in [0, 0.05) is 0 Å². The molecule has 106 valence electrons. The number of hydrogen-bond donors (Lipinski definition) is 0. The van der Waals surface area contributed by atoms with Crippen molar-refractivity contribution in [3.8, 4) is 6.07 Å². The van der Waals surface area contributed by atoms with Crippen molar-refractivity contribution in [3.63, 3.8) is 0 Å². The maximum absolute atomic E-state index is 13.1. The molecule has 0 aliphatic rings. The Morgan fingerprint density at radius 2 is 1.62 bits per heavy atom. The largest absolute Gasteiger partial charge is 0.416 e. The van der Waals surface area contributed by atoms with Crippen molar-refractivity contribution in [3.05, 3.63) is 77.4 Å². The molecule has 0 aliphatic heterocycles. The Morgan fingerprint density at radius 1 is 1.00 bits per heavy atom. The summed E-state index contributed by atoms with van der Waals surface area (Å²) in [6.45, 7) is 0. The van der Waals surface area contributed by atoms with Gasteiger partial charge in [0.25, 0.3) is 0 Å². The summed E-state index contributed by atoms with van der Waals surface area (Å²) in [7, 11) is 0. The lowest BCUT2D eigenvalue weighted by Gasteiger charge is -2.12. The Balaban J connectivity index is 2.27. The molecule has 2 aromatic carbocycles. The minimum absolute atomic E-state index is 0.152. The number of alkyl halides is 3. The minimum atomic E-state index is -4.39. The molecule has 0 saturated heterocycles. The van der Waals surface area contributed by atoms with Crippen LogP contribution in [0.5, 0.6) is 0 Å². The first-order valence-electron chi connectivity index (χ1n) is 6.32. The third kappa shape index (κ3) is 3.96. The summed E-state index contributed by atoms with van der Waals surface area (Å²) in [4.78, 5) is 0. The molecule has 0 aromatic heterocycles. The number of allylic oxidation sites excluding steroid dienone is 2. The molecule has 0 fully saturated rings. The lowest BCUT2D eigenvalue weighted by Crippen LogP contribution is -2.11. The van der Waals surface area contributed by atoms with E-state index in [9.17, 15) is 13.2 Å². The van der Waals surface area contributed by atoms with Gasteiger partial charge < -0.3 is 0 Å². The van der Waals surface area contributed by atoms with E-state index in [2.05, 4.69) is 0 Å². The molecule has 2 rings (SSSR count). The molecule has 4 heteroatoms. The second-order valence-corrected chi connectivity index (χ2v) is 4.49. The highest BCUT2D eigenvalue weighted by atomic mass is 19.4. The number of halogens is 3. The summed E-state index contributed by atoms with van der Waals surface area (Å²) < 4.78 is 39.3. The molecule has 0 atom stereocenters. The second-order valence-electron chi connectivity index (χ2n) is 4.49. The molecular formula is C17H12F3N. The topological polar surface area (TPSA) is 23.8 Å². The molecule has 0 aliphatic carbocycles. The number of rotatable bonds is 3. The van der Waals surface area contributed by atoms with Crippen LogP contribution in [0.4, 0.5) is 13.2 Å². The first-order valence-corrected chi connectivity index (χ1v) is 6.32. The Labute approximate surface area is 121 Å². The van der Waals surface area contributed by atoms with Gasteiger partial charge in [0.05, 0.1) is 17.2 Å². The van der Waals surface area contributed by atoms with Crippen LogP contribution in [0.2, 0.25) is 0 Å². The van der Waals surface area contributed by atoms with Crippen molar-refractivity contribution in [1.29, 1.82) is 5.26 Å². The normalized spacial score (nSPS) is 12.0. The lowest BCUT2D eigenvalue weighted by molar-refractivity contribution is -0.0690. The van der Waals surface area contributed by atoms with Crippen molar-refractivity contribution in [2.75, 3.05) is 0 Å². The fourth-order valence-corrected chi connectivity index (χ4v) is 1.95. The Bertz CT molecular complexity index is 662. The molecule has 0 N–H and O–H groups in total. The van der Waals surface area contributed by atoms with Crippen LogP contribution in [0.1, 0.15) is 16.7 Å². The summed E-state index contributed by atoms with van der Waals surface area (Å²) >= 11 is 0. The highest BCUT2D eigenvalue weighted by Crippen LogP contribution is 2.34. The molecular weight excluding hydrogens is 275 g/mol. The van der Waals surface area contributed by atoms with Gasteiger partial charge in [0.2, 0.25) is 0 Å². The molecule has 2 aromatic rings. The maximum Gasteiger partial charge on any atom is 0.416 e. The van der Waals surface area contributed by atoms with E-state index in [0.29, 0.717) is 5.56 Å². The molecule has 0 heterocycles. The van der Waals surface area contributed by atoms with Gasteiger partial charge in [-0.1, -0.05) is 48.5 Å². The quantitative estimate of drug-likeness (QED) is 0.799. The second kappa shape index (κ2) is 6.27. The molecule has 0 spiro atoms. The number of nitriles is 1. The Kier molecular flexibility index (Phi) is 4.44. The highest BCUT2D eigenvalue weighted by molar-refractivity contribution is 5.69. The van der Waals surface area contributed by atoms with Crippen molar-refractivity contribution in [2.45, 2.75) is 12.6 Å². The van der Waals surface area contributed by atoms with Gasteiger partial charge in [-0.2, -0.15) is 18.4 Å². The molecule has 0 radical (unpaired) electrons. The minimum Gasteiger partial charge on any atom is -0.192 e. The number of hydrogen-bond acceptors (Lipinski definition) is 1.